The maximum absolute atomic E-state index is 13.2. The lowest BCUT2D eigenvalue weighted by molar-refractivity contribution is 0.0214. The topological polar surface area (TPSA) is 92.3 Å². The molecule has 5 rings (SSSR count). The molecule has 7 heteroatoms. The molecule has 1 aliphatic carbocycles. The van der Waals surface area contributed by atoms with Gasteiger partial charge < -0.3 is 19.8 Å². The number of esters is 1. The molecule has 0 unspecified atom stereocenters. The largest absolute Gasteiger partial charge is 0.497 e. The second-order valence-electron chi connectivity index (χ2n) is 8.24. The third kappa shape index (κ3) is 3.75. The number of carbonyl (C=O) groups excluding carboxylic acids is 1. The highest BCUT2D eigenvalue weighted by Gasteiger charge is 2.27. The molecule has 0 spiro atoms. The highest BCUT2D eigenvalue weighted by Crippen LogP contribution is 2.31. The molecule has 7 nitrogen and oxygen atoms in total. The van der Waals surface area contributed by atoms with Gasteiger partial charge in [-0.3, -0.25) is 0 Å². The van der Waals surface area contributed by atoms with Crippen LogP contribution in [-0.2, 0) is 11.3 Å². The molecule has 0 bridgehead atoms. The van der Waals surface area contributed by atoms with Gasteiger partial charge in [-0.1, -0.05) is 30.7 Å². The van der Waals surface area contributed by atoms with Crippen molar-refractivity contribution in [3.05, 3.63) is 59.7 Å². The van der Waals surface area contributed by atoms with E-state index in [9.17, 15) is 4.79 Å². The Morgan fingerprint density at radius 3 is 2.41 bits per heavy atom. The number of nitrogens with two attached hydrogens (primary N) is 1. The normalized spacial score (nSPS) is 14.7. The number of hydrogen-bond acceptors (Lipinski definition) is 6. The Morgan fingerprint density at radius 1 is 1.03 bits per heavy atom. The summed E-state index contributed by atoms with van der Waals surface area (Å²) in [6.45, 7) is 0.454. The minimum Gasteiger partial charge on any atom is -0.497 e. The number of methoxy groups -OCH3 is 1. The van der Waals surface area contributed by atoms with Crippen molar-refractivity contribution in [2.45, 2.75) is 44.8 Å². The number of rotatable bonds is 5. The van der Waals surface area contributed by atoms with Crippen molar-refractivity contribution >= 4 is 34.0 Å². The van der Waals surface area contributed by atoms with Gasteiger partial charge in [0.15, 0.2) is 5.65 Å². The Bertz CT molecular complexity index is 1270. The smallest absolute Gasteiger partial charge is 0.344 e. The zero-order chi connectivity index (χ0) is 22.1. The fourth-order valence-electron chi connectivity index (χ4n) is 4.39. The Balaban J connectivity index is 1.60. The van der Waals surface area contributed by atoms with Gasteiger partial charge >= 0.3 is 5.97 Å². The van der Waals surface area contributed by atoms with Gasteiger partial charge in [-0.05, 0) is 55.5 Å². The van der Waals surface area contributed by atoms with Crippen LogP contribution in [0.25, 0.3) is 22.2 Å². The number of ether oxygens (including phenoxy) is 2. The van der Waals surface area contributed by atoms with Crippen LogP contribution in [0.5, 0.6) is 5.75 Å². The van der Waals surface area contributed by atoms with E-state index in [-0.39, 0.29) is 6.10 Å². The van der Waals surface area contributed by atoms with E-state index in [4.69, 9.17) is 25.2 Å². The Labute approximate surface area is 186 Å². The molecule has 0 radical (unpaired) electrons. The van der Waals surface area contributed by atoms with E-state index in [1.54, 1.807) is 7.11 Å². The summed E-state index contributed by atoms with van der Waals surface area (Å²) in [5.41, 5.74) is 10.4. The van der Waals surface area contributed by atoms with Crippen LogP contribution in [0.15, 0.2) is 48.5 Å². The standard InChI is InChI=1S/C25H26N4O3/c1-31-17-13-11-16(12-14-17)15-29-23(26)21(25(30)32-18-7-3-2-4-8-18)22-24(29)28-20-10-6-5-9-19(20)27-22/h5-6,9-14,18H,2-4,7-8,15,26H2,1H3. The number of carbonyl (C=O) groups is 1. The van der Waals surface area contributed by atoms with E-state index in [1.165, 1.54) is 6.42 Å². The molecule has 164 valence electrons. The van der Waals surface area contributed by atoms with Gasteiger partial charge in [0.1, 0.15) is 28.8 Å². The molecule has 1 fully saturated rings. The fourth-order valence-corrected chi connectivity index (χ4v) is 4.39. The minimum atomic E-state index is -0.419. The molecule has 0 amide bonds. The van der Waals surface area contributed by atoms with Crippen molar-refractivity contribution in [3.8, 4) is 5.75 Å². The van der Waals surface area contributed by atoms with E-state index in [1.807, 2.05) is 53.1 Å². The molecule has 2 aromatic carbocycles. The van der Waals surface area contributed by atoms with Crippen molar-refractivity contribution in [2.75, 3.05) is 12.8 Å². The zero-order valence-electron chi connectivity index (χ0n) is 18.1. The predicted molar refractivity (Wildman–Crippen MR) is 124 cm³/mol. The fraction of sp³-hybridized carbons (Fsp3) is 0.320. The third-order valence-electron chi connectivity index (χ3n) is 6.12. The number of nitrogen functional groups attached to an aromatic ring is 1. The number of anilines is 1. The van der Waals surface area contributed by atoms with Gasteiger partial charge in [-0.2, -0.15) is 0 Å². The van der Waals surface area contributed by atoms with Crippen molar-refractivity contribution < 1.29 is 14.3 Å². The molecule has 2 N–H and O–H groups in total. The van der Waals surface area contributed by atoms with Gasteiger partial charge in [0.2, 0.25) is 0 Å². The molecule has 2 heterocycles. The second kappa shape index (κ2) is 8.49. The zero-order valence-corrected chi connectivity index (χ0v) is 18.1. The van der Waals surface area contributed by atoms with Crippen LogP contribution in [0, 0.1) is 0 Å². The van der Waals surface area contributed by atoms with E-state index in [0.29, 0.717) is 34.6 Å². The number of hydrogen-bond donors (Lipinski definition) is 1. The molecule has 1 saturated carbocycles. The van der Waals surface area contributed by atoms with Crippen LogP contribution < -0.4 is 10.5 Å². The average Bonchev–Trinajstić information content (AvgIpc) is 3.09. The molecule has 0 aliphatic heterocycles. The molecular weight excluding hydrogens is 404 g/mol. The number of aromatic nitrogens is 3. The number of benzene rings is 2. The van der Waals surface area contributed by atoms with Crippen LogP contribution in [0.3, 0.4) is 0 Å². The van der Waals surface area contributed by atoms with Gasteiger partial charge in [-0.15, -0.1) is 0 Å². The lowest BCUT2D eigenvalue weighted by atomic mass is 9.98. The first-order valence-corrected chi connectivity index (χ1v) is 11.0. The molecule has 2 aromatic heterocycles. The first-order chi connectivity index (χ1) is 15.6. The molecular formula is C25H26N4O3. The van der Waals surface area contributed by atoms with Gasteiger partial charge in [0.25, 0.3) is 0 Å². The van der Waals surface area contributed by atoms with Crippen molar-refractivity contribution in [1.29, 1.82) is 0 Å². The summed E-state index contributed by atoms with van der Waals surface area (Å²) in [7, 11) is 1.64. The summed E-state index contributed by atoms with van der Waals surface area (Å²) in [4.78, 5) is 22.8. The number of nitrogens with zero attached hydrogens (tertiary/aromatic N) is 3. The Morgan fingerprint density at radius 2 is 1.72 bits per heavy atom. The summed E-state index contributed by atoms with van der Waals surface area (Å²) >= 11 is 0. The third-order valence-corrected chi connectivity index (χ3v) is 6.12. The second-order valence-corrected chi connectivity index (χ2v) is 8.24. The molecule has 32 heavy (non-hydrogen) atoms. The van der Waals surface area contributed by atoms with Gasteiger partial charge in [-0.25, -0.2) is 14.8 Å². The lowest BCUT2D eigenvalue weighted by Gasteiger charge is -2.21. The highest BCUT2D eigenvalue weighted by atomic mass is 16.5. The first-order valence-electron chi connectivity index (χ1n) is 11.0. The quantitative estimate of drug-likeness (QED) is 0.461. The molecule has 1 aliphatic rings. The maximum Gasteiger partial charge on any atom is 0.344 e. The van der Waals surface area contributed by atoms with Crippen molar-refractivity contribution in [3.63, 3.8) is 0 Å². The predicted octanol–water partition coefficient (Wildman–Crippen LogP) is 4.71. The first kappa shape index (κ1) is 20.3. The minimum absolute atomic E-state index is 0.0657. The van der Waals surface area contributed by atoms with E-state index in [2.05, 4.69) is 0 Å². The van der Waals surface area contributed by atoms with E-state index >= 15 is 0 Å². The summed E-state index contributed by atoms with van der Waals surface area (Å²) in [6, 6.07) is 15.4. The highest BCUT2D eigenvalue weighted by molar-refractivity contribution is 6.08. The SMILES string of the molecule is COc1ccc(Cn2c(N)c(C(=O)OC3CCCCC3)c3nc4ccccc4nc32)cc1. The summed E-state index contributed by atoms with van der Waals surface area (Å²) in [6.07, 6.45) is 5.07. The number of para-hydroxylation sites is 2. The molecule has 0 atom stereocenters. The summed E-state index contributed by atoms with van der Waals surface area (Å²) in [5, 5.41) is 0. The summed E-state index contributed by atoms with van der Waals surface area (Å²) in [5.74, 6) is 0.686. The van der Waals surface area contributed by atoms with Crippen molar-refractivity contribution in [2.24, 2.45) is 0 Å². The van der Waals surface area contributed by atoms with E-state index < -0.39 is 5.97 Å². The van der Waals surface area contributed by atoms with E-state index in [0.717, 1.165) is 42.5 Å². The van der Waals surface area contributed by atoms with Crippen LogP contribution >= 0.6 is 0 Å². The van der Waals surface area contributed by atoms with Crippen LogP contribution in [-0.4, -0.2) is 33.7 Å². The molecule has 4 aromatic rings. The average molecular weight is 431 g/mol. The van der Waals surface area contributed by atoms with Crippen LogP contribution in [0.2, 0.25) is 0 Å². The monoisotopic (exact) mass is 430 g/mol. The van der Waals surface area contributed by atoms with Gasteiger partial charge in [0, 0.05) is 0 Å². The maximum atomic E-state index is 13.2. The summed E-state index contributed by atoms with van der Waals surface area (Å²) < 4.78 is 13.0. The van der Waals surface area contributed by atoms with Crippen LogP contribution in [0.4, 0.5) is 5.82 Å². The number of fused-ring (bicyclic) bond motifs is 2. The molecule has 0 saturated heterocycles. The Kier molecular flexibility index (Phi) is 5.39. The van der Waals surface area contributed by atoms with Crippen molar-refractivity contribution in [1.82, 2.24) is 14.5 Å². The lowest BCUT2D eigenvalue weighted by Crippen LogP contribution is -2.21. The Hall–Kier alpha value is -3.61. The van der Waals surface area contributed by atoms with Crippen LogP contribution in [0.1, 0.15) is 48.0 Å². The van der Waals surface area contributed by atoms with Gasteiger partial charge in [0.05, 0.1) is 24.7 Å².